The van der Waals surface area contributed by atoms with Crippen molar-refractivity contribution in [3.8, 4) is 22.3 Å². The molecular weight excluding hydrogens is 432 g/mol. The van der Waals surface area contributed by atoms with Gasteiger partial charge in [0.2, 0.25) is 11.8 Å². The molecule has 0 saturated carbocycles. The van der Waals surface area contributed by atoms with Gasteiger partial charge in [0.25, 0.3) is 0 Å². The van der Waals surface area contributed by atoms with E-state index in [0.717, 1.165) is 32.6 Å². The van der Waals surface area contributed by atoms with Gasteiger partial charge in [0.1, 0.15) is 5.69 Å². The molecule has 7 heteroatoms. The Morgan fingerprint density at radius 1 is 0.667 bits per heavy atom. The minimum Gasteiger partial charge on any atom is -0.474 e. The molecule has 0 fully saturated rings. The number of para-hydroxylation sites is 4. The second-order valence-corrected chi connectivity index (χ2v) is 8.82. The monoisotopic (exact) mass is 458 g/mol. The van der Waals surface area contributed by atoms with Gasteiger partial charge in [0.15, 0.2) is 0 Å². The molecule has 0 saturated heterocycles. The zero-order chi connectivity index (χ0) is 23.2. The molecule has 0 unspecified atom stereocenters. The summed E-state index contributed by atoms with van der Waals surface area (Å²) < 4.78 is 11.3. The molecule has 33 heavy (non-hydrogen) atoms. The van der Waals surface area contributed by atoms with E-state index in [4.69, 9.17) is 14.5 Å². The second kappa shape index (κ2) is 10.4. The highest BCUT2D eigenvalue weighted by molar-refractivity contribution is 7.13. The molecule has 0 aliphatic carbocycles. The molecule has 0 amide bonds. The lowest BCUT2D eigenvalue weighted by molar-refractivity contribution is 0.232. The summed E-state index contributed by atoms with van der Waals surface area (Å²) in [5, 5.41) is 2.03. The van der Waals surface area contributed by atoms with E-state index in [-0.39, 0.29) is 12.2 Å². The molecule has 0 atom stereocenters. The maximum atomic E-state index is 5.81. The third kappa shape index (κ3) is 5.81. The number of ether oxygens (including phenoxy) is 2. The summed E-state index contributed by atoms with van der Waals surface area (Å²) in [6, 6.07) is 19.6. The largest absolute Gasteiger partial charge is 0.474 e. The van der Waals surface area contributed by atoms with E-state index in [2.05, 4.69) is 15.0 Å². The van der Waals surface area contributed by atoms with Crippen molar-refractivity contribution in [1.29, 1.82) is 0 Å². The smallest absolute Gasteiger partial charge is 0.242 e. The van der Waals surface area contributed by atoms with Gasteiger partial charge in [-0.2, -0.15) is 0 Å². The fourth-order valence-electron chi connectivity index (χ4n) is 3.10. The van der Waals surface area contributed by atoms with Crippen LogP contribution in [0.2, 0.25) is 0 Å². The Morgan fingerprint density at radius 3 is 1.88 bits per heavy atom. The molecule has 168 valence electrons. The number of hydrogen-bond acceptors (Lipinski definition) is 7. The Bertz CT molecular complexity index is 1340. The van der Waals surface area contributed by atoms with Crippen molar-refractivity contribution >= 4 is 33.4 Å². The van der Waals surface area contributed by atoms with Gasteiger partial charge in [-0.05, 0) is 63.4 Å². The predicted octanol–water partition coefficient (Wildman–Crippen LogP) is 6.56. The van der Waals surface area contributed by atoms with Crippen molar-refractivity contribution in [2.75, 3.05) is 0 Å². The fourth-order valence-corrected chi connectivity index (χ4v) is 3.81. The maximum Gasteiger partial charge on any atom is 0.242 e. The number of benzene rings is 2. The van der Waals surface area contributed by atoms with Crippen molar-refractivity contribution in [2.45, 2.75) is 39.9 Å². The number of fused-ring (bicyclic) bond motifs is 2. The van der Waals surface area contributed by atoms with Crippen molar-refractivity contribution < 1.29 is 9.47 Å². The number of nitrogens with zero attached hydrogens (tertiary/aromatic N) is 4. The summed E-state index contributed by atoms with van der Waals surface area (Å²) in [4.78, 5) is 18.9. The highest BCUT2D eigenvalue weighted by Crippen LogP contribution is 2.32. The highest BCUT2D eigenvalue weighted by Gasteiger charge is 2.14. The molecule has 0 radical (unpaired) electrons. The van der Waals surface area contributed by atoms with Crippen LogP contribution in [0.5, 0.6) is 11.8 Å². The highest BCUT2D eigenvalue weighted by atomic mass is 32.1. The molecular formula is C26H26N4O2S. The van der Waals surface area contributed by atoms with Crippen LogP contribution in [0.4, 0.5) is 0 Å². The summed E-state index contributed by atoms with van der Waals surface area (Å²) in [5.74, 6) is 1.19. The quantitative estimate of drug-likeness (QED) is 0.297. The van der Waals surface area contributed by atoms with E-state index < -0.39 is 0 Å². The molecule has 5 rings (SSSR count). The lowest BCUT2D eigenvalue weighted by atomic mass is 10.2. The number of aromatic nitrogens is 4. The first kappa shape index (κ1) is 22.6. The van der Waals surface area contributed by atoms with E-state index in [9.17, 15) is 0 Å². The fraction of sp³-hybridized carbons (Fsp3) is 0.231. The van der Waals surface area contributed by atoms with Gasteiger partial charge in [0, 0.05) is 0 Å². The first-order valence-electron chi connectivity index (χ1n) is 10.9. The molecule has 3 aromatic heterocycles. The topological polar surface area (TPSA) is 70.0 Å². The van der Waals surface area contributed by atoms with Crippen LogP contribution in [-0.2, 0) is 0 Å². The van der Waals surface area contributed by atoms with E-state index in [1.165, 1.54) is 0 Å². The van der Waals surface area contributed by atoms with Gasteiger partial charge >= 0.3 is 0 Å². The van der Waals surface area contributed by atoms with Crippen LogP contribution in [0.1, 0.15) is 27.7 Å². The van der Waals surface area contributed by atoms with Crippen molar-refractivity contribution in [3.05, 3.63) is 72.2 Å². The summed E-state index contributed by atoms with van der Waals surface area (Å²) in [6.07, 6.45) is 1.86. The van der Waals surface area contributed by atoms with Crippen molar-refractivity contribution in [3.63, 3.8) is 0 Å². The molecule has 0 aliphatic heterocycles. The number of thiophene rings is 1. The van der Waals surface area contributed by atoms with Gasteiger partial charge in [-0.3, -0.25) is 0 Å². The summed E-state index contributed by atoms with van der Waals surface area (Å²) in [5.41, 5.74) is 4.33. The third-order valence-electron chi connectivity index (χ3n) is 4.42. The zero-order valence-corrected chi connectivity index (χ0v) is 19.9. The number of hydrogen-bond donors (Lipinski definition) is 0. The van der Waals surface area contributed by atoms with E-state index in [1.807, 2.05) is 93.7 Å². The molecule has 0 bridgehead atoms. The zero-order valence-electron chi connectivity index (χ0n) is 19.1. The lowest BCUT2D eigenvalue weighted by Gasteiger charge is -2.12. The van der Waals surface area contributed by atoms with Gasteiger partial charge < -0.3 is 9.47 Å². The van der Waals surface area contributed by atoms with Gasteiger partial charge in [-0.25, -0.2) is 19.9 Å². The Kier molecular flexibility index (Phi) is 7.10. The van der Waals surface area contributed by atoms with Crippen molar-refractivity contribution in [1.82, 2.24) is 19.9 Å². The van der Waals surface area contributed by atoms with Gasteiger partial charge in [-0.15, -0.1) is 11.3 Å². The van der Waals surface area contributed by atoms with Crippen LogP contribution in [0.25, 0.3) is 32.6 Å². The molecule has 3 heterocycles. The Balaban J connectivity index is 0.000000165. The molecule has 0 N–H and O–H groups in total. The van der Waals surface area contributed by atoms with Crippen LogP contribution in [-0.4, -0.2) is 32.1 Å². The SMILES string of the molecule is CC(C)Oc1cnc2ccccc2n1.CC(C)Oc1nc2ccccc2nc1-c1cccs1. The maximum absolute atomic E-state index is 5.81. The molecule has 6 nitrogen and oxygen atoms in total. The van der Waals surface area contributed by atoms with Crippen LogP contribution in [0.3, 0.4) is 0 Å². The van der Waals surface area contributed by atoms with Crippen molar-refractivity contribution in [2.24, 2.45) is 0 Å². The average molecular weight is 459 g/mol. The summed E-state index contributed by atoms with van der Waals surface area (Å²) in [6.45, 7) is 7.93. The van der Waals surface area contributed by atoms with Crippen LogP contribution in [0, 0.1) is 0 Å². The molecule has 2 aromatic carbocycles. The van der Waals surface area contributed by atoms with Gasteiger partial charge in [-0.1, -0.05) is 30.3 Å². The Labute approximate surface area is 197 Å². The normalized spacial score (nSPS) is 11.0. The first-order valence-corrected chi connectivity index (χ1v) is 11.7. The van der Waals surface area contributed by atoms with E-state index >= 15 is 0 Å². The second-order valence-electron chi connectivity index (χ2n) is 7.87. The first-order chi connectivity index (χ1) is 16.0. The predicted molar refractivity (Wildman–Crippen MR) is 134 cm³/mol. The molecule has 0 spiro atoms. The summed E-state index contributed by atoms with van der Waals surface area (Å²) in [7, 11) is 0. The minimum atomic E-state index is 0.0779. The molecule has 0 aliphatic rings. The van der Waals surface area contributed by atoms with Crippen LogP contribution in [0.15, 0.2) is 72.2 Å². The van der Waals surface area contributed by atoms with Crippen LogP contribution < -0.4 is 9.47 Å². The van der Waals surface area contributed by atoms with Gasteiger partial charge in [0.05, 0.1) is 45.3 Å². The average Bonchev–Trinajstić information content (AvgIpc) is 3.33. The third-order valence-corrected chi connectivity index (χ3v) is 5.30. The number of rotatable bonds is 5. The minimum absolute atomic E-state index is 0.0779. The Hall–Kier alpha value is -3.58. The van der Waals surface area contributed by atoms with E-state index in [1.54, 1.807) is 17.5 Å². The van der Waals surface area contributed by atoms with Crippen LogP contribution >= 0.6 is 11.3 Å². The molecule has 5 aromatic rings. The Morgan fingerprint density at radius 2 is 1.27 bits per heavy atom. The van der Waals surface area contributed by atoms with E-state index in [0.29, 0.717) is 11.8 Å². The standard InChI is InChI=1S/C15H14N2OS.C11H12N2O/c1-10(2)18-15-14(13-8-5-9-19-13)16-11-6-3-4-7-12(11)17-15;1-8(2)14-11-7-12-9-5-3-4-6-10(9)13-11/h3-10H,1-2H3;3-8H,1-2H3. The lowest BCUT2D eigenvalue weighted by Crippen LogP contribution is -2.08. The summed E-state index contributed by atoms with van der Waals surface area (Å²) >= 11 is 1.64.